The van der Waals surface area contributed by atoms with Crippen LogP contribution in [0.3, 0.4) is 0 Å². The van der Waals surface area contributed by atoms with E-state index in [0.717, 1.165) is 3.57 Å². The molecule has 0 radical (unpaired) electrons. The van der Waals surface area contributed by atoms with Crippen LogP contribution in [0.2, 0.25) is 5.02 Å². The number of nitrogens with zero attached hydrogens (tertiary/aromatic N) is 1. The maximum atomic E-state index is 12.1. The van der Waals surface area contributed by atoms with Crippen LogP contribution in [0.1, 0.15) is 13.8 Å². The van der Waals surface area contributed by atoms with E-state index in [0.29, 0.717) is 10.7 Å². The van der Waals surface area contributed by atoms with Crippen LogP contribution in [0, 0.1) is 15.4 Å². The number of hydrogen-bond donors (Lipinski definition) is 3. The van der Waals surface area contributed by atoms with Gasteiger partial charge in [0, 0.05) is 3.57 Å². The minimum absolute atomic E-state index is 0.0986. The van der Waals surface area contributed by atoms with Gasteiger partial charge in [0.2, 0.25) is 5.91 Å². The van der Waals surface area contributed by atoms with E-state index in [2.05, 4.69) is 33.1 Å². The molecular weight excluding hydrogens is 381 g/mol. The molecule has 1 aromatic carbocycles. The first-order chi connectivity index (χ1) is 8.86. The van der Waals surface area contributed by atoms with Crippen molar-refractivity contribution in [2.75, 3.05) is 5.32 Å². The van der Waals surface area contributed by atoms with Gasteiger partial charge >= 0.3 is 0 Å². The lowest BCUT2D eigenvalue weighted by Crippen LogP contribution is -2.38. The summed E-state index contributed by atoms with van der Waals surface area (Å²) in [6.07, 6.45) is 0. The number of nitrogens with one attached hydrogen (secondary N) is 1. The second kappa shape index (κ2) is 6.95. The molecule has 0 fully saturated rings. The number of oxime groups is 1. The van der Waals surface area contributed by atoms with E-state index in [1.54, 1.807) is 12.1 Å². The lowest BCUT2D eigenvalue weighted by molar-refractivity contribution is -0.119. The summed E-state index contributed by atoms with van der Waals surface area (Å²) in [6, 6.07) is 5.28. The average Bonchev–Trinajstić information content (AvgIpc) is 2.32. The summed E-state index contributed by atoms with van der Waals surface area (Å²) in [6.45, 7) is 3.63. The fourth-order valence-corrected chi connectivity index (χ4v) is 2.55. The lowest BCUT2D eigenvalue weighted by Gasteiger charge is -2.19. The van der Waals surface area contributed by atoms with E-state index < -0.39 is 5.92 Å². The molecule has 0 aliphatic carbocycles. The van der Waals surface area contributed by atoms with Gasteiger partial charge in [-0.05, 0) is 46.7 Å². The zero-order valence-electron chi connectivity index (χ0n) is 10.5. The van der Waals surface area contributed by atoms with Crippen LogP contribution in [-0.2, 0) is 4.79 Å². The third-order valence-corrected chi connectivity index (χ3v) is 3.56. The first-order valence-electron chi connectivity index (χ1n) is 5.60. The second-order valence-electron chi connectivity index (χ2n) is 4.36. The SMILES string of the molecule is CC(C)C(C(=O)Nc1ccc(I)cc1Cl)/C(N)=N/O. The van der Waals surface area contributed by atoms with Crippen molar-refractivity contribution in [2.24, 2.45) is 22.7 Å². The molecule has 1 aromatic rings. The highest BCUT2D eigenvalue weighted by Gasteiger charge is 2.27. The molecule has 0 saturated carbocycles. The number of anilines is 1. The van der Waals surface area contributed by atoms with E-state index in [-0.39, 0.29) is 17.7 Å². The van der Waals surface area contributed by atoms with Crippen LogP contribution in [0.25, 0.3) is 0 Å². The molecule has 0 aliphatic heterocycles. The Morgan fingerprint density at radius 1 is 1.53 bits per heavy atom. The molecule has 19 heavy (non-hydrogen) atoms. The van der Waals surface area contributed by atoms with Crippen molar-refractivity contribution < 1.29 is 10.0 Å². The van der Waals surface area contributed by atoms with Gasteiger partial charge in [-0.1, -0.05) is 30.6 Å². The number of benzene rings is 1. The number of amides is 1. The minimum Gasteiger partial charge on any atom is -0.409 e. The number of nitrogens with two attached hydrogens (primary N) is 1. The highest BCUT2D eigenvalue weighted by molar-refractivity contribution is 14.1. The van der Waals surface area contributed by atoms with E-state index in [4.69, 9.17) is 22.5 Å². The van der Waals surface area contributed by atoms with Crippen LogP contribution in [-0.4, -0.2) is 17.0 Å². The second-order valence-corrected chi connectivity index (χ2v) is 6.01. The Morgan fingerprint density at radius 3 is 2.63 bits per heavy atom. The third kappa shape index (κ3) is 4.24. The quantitative estimate of drug-likeness (QED) is 0.241. The van der Waals surface area contributed by atoms with E-state index in [1.165, 1.54) is 0 Å². The van der Waals surface area contributed by atoms with Gasteiger partial charge in [-0.2, -0.15) is 0 Å². The molecule has 0 bridgehead atoms. The Balaban J connectivity index is 2.94. The average molecular weight is 396 g/mol. The molecular formula is C12H15ClIN3O2. The first kappa shape index (κ1) is 16.0. The summed E-state index contributed by atoms with van der Waals surface area (Å²) < 4.78 is 0.970. The predicted molar refractivity (Wildman–Crippen MR) is 84.5 cm³/mol. The van der Waals surface area contributed by atoms with Crippen molar-refractivity contribution in [3.05, 3.63) is 26.8 Å². The number of hydrogen-bond acceptors (Lipinski definition) is 3. The standard InChI is InChI=1S/C12H15ClIN3O2/c1-6(2)10(11(15)17-19)12(18)16-9-4-3-7(14)5-8(9)13/h3-6,10,19H,1-2H3,(H2,15,17)(H,16,18). The Kier molecular flexibility index (Phi) is 5.86. The summed E-state index contributed by atoms with van der Waals surface area (Å²) in [4.78, 5) is 12.1. The monoisotopic (exact) mass is 395 g/mol. The van der Waals surface area contributed by atoms with Crippen molar-refractivity contribution >= 4 is 51.6 Å². The molecule has 0 aliphatic rings. The number of amidine groups is 1. The molecule has 5 nitrogen and oxygen atoms in total. The van der Waals surface area contributed by atoms with Gasteiger partial charge in [0.05, 0.1) is 10.7 Å². The molecule has 104 valence electrons. The summed E-state index contributed by atoms with van der Waals surface area (Å²) in [5, 5.41) is 14.8. The van der Waals surface area contributed by atoms with E-state index in [9.17, 15) is 4.79 Å². The zero-order chi connectivity index (χ0) is 14.6. The molecule has 1 amide bonds. The fraction of sp³-hybridized carbons (Fsp3) is 0.333. The third-order valence-electron chi connectivity index (χ3n) is 2.57. The predicted octanol–water partition coefficient (Wildman–Crippen LogP) is 2.90. The Morgan fingerprint density at radius 2 is 2.16 bits per heavy atom. The van der Waals surface area contributed by atoms with Crippen molar-refractivity contribution in [2.45, 2.75) is 13.8 Å². The van der Waals surface area contributed by atoms with Gasteiger partial charge in [-0.25, -0.2) is 0 Å². The van der Waals surface area contributed by atoms with Gasteiger partial charge in [-0.15, -0.1) is 0 Å². The summed E-state index contributed by atoms with van der Waals surface area (Å²) >= 11 is 8.17. The van der Waals surface area contributed by atoms with Gasteiger partial charge in [0.25, 0.3) is 0 Å². The number of halogens is 2. The molecule has 7 heteroatoms. The summed E-state index contributed by atoms with van der Waals surface area (Å²) in [5.74, 6) is -1.28. The minimum atomic E-state index is -0.708. The van der Waals surface area contributed by atoms with Crippen molar-refractivity contribution in [3.63, 3.8) is 0 Å². The number of rotatable bonds is 4. The van der Waals surface area contributed by atoms with E-state index in [1.807, 2.05) is 19.9 Å². The molecule has 0 aromatic heterocycles. The summed E-state index contributed by atoms with van der Waals surface area (Å²) in [5.41, 5.74) is 6.04. The normalized spacial score (nSPS) is 13.4. The van der Waals surface area contributed by atoms with Crippen molar-refractivity contribution in [1.82, 2.24) is 0 Å². The zero-order valence-corrected chi connectivity index (χ0v) is 13.4. The van der Waals surface area contributed by atoms with Crippen LogP contribution in [0.15, 0.2) is 23.4 Å². The molecule has 0 saturated heterocycles. The maximum absolute atomic E-state index is 12.1. The molecule has 1 rings (SSSR count). The van der Waals surface area contributed by atoms with Crippen molar-refractivity contribution in [3.8, 4) is 0 Å². The van der Waals surface area contributed by atoms with Gasteiger partial charge < -0.3 is 16.3 Å². The molecule has 1 unspecified atom stereocenters. The molecule has 1 atom stereocenters. The maximum Gasteiger partial charge on any atom is 0.235 e. The van der Waals surface area contributed by atoms with Gasteiger partial charge in [-0.3, -0.25) is 4.79 Å². The highest BCUT2D eigenvalue weighted by atomic mass is 127. The summed E-state index contributed by atoms with van der Waals surface area (Å²) in [7, 11) is 0. The smallest absolute Gasteiger partial charge is 0.235 e. The first-order valence-corrected chi connectivity index (χ1v) is 7.05. The van der Waals surface area contributed by atoms with E-state index >= 15 is 0 Å². The Bertz CT molecular complexity index is 506. The van der Waals surface area contributed by atoms with Crippen LogP contribution >= 0.6 is 34.2 Å². The lowest BCUT2D eigenvalue weighted by atomic mass is 9.94. The topological polar surface area (TPSA) is 87.7 Å². The van der Waals surface area contributed by atoms with Crippen LogP contribution in [0.4, 0.5) is 5.69 Å². The van der Waals surface area contributed by atoms with Crippen LogP contribution in [0.5, 0.6) is 0 Å². The van der Waals surface area contributed by atoms with Crippen molar-refractivity contribution in [1.29, 1.82) is 0 Å². The van der Waals surface area contributed by atoms with Gasteiger partial charge in [0.15, 0.2) is 5.84 Å². The van der Waals surface area contributed by atoms with Gasteiger partial charge in [0.1, 0.15) is 5.92 Å². The Labute approximate surface area is 130 Å². The molecule has 4 N–H and O–H groups in total. The van der Waals surface area contributed by atoms with Crippen LogP contribution < -0.4 is 11.1 Å². The number of carbonyl (C=O) groups is 1. The Hall–Kier alpha value is -1.02. The molecule has 0 spiro atoms. The largest absolute Gasteiger partial charge is 0.409 e. The molecule has 0 heterocycles. The highest BCUT2D eigenvalue weighted by Crippen LogP contribution is 2.25. The fourth-order valence-electron chi connectivity index (χ4n) is 1.64. The number of carbonyl (C=O) groups excluding carboxylic acids is 1.